The molecule has 1 saturated heterocycles. The number of rotatable bonds is 15. The molecule has 0 radical (unpaired) electrons. The summed E-state index contributed by atoms with van der Waals surface area (Å²) in [5, 5.41) is 29.7. The quantitative estimate of drug-likeness (QED) is 0.0919. The van der Waals surface area contributed by atoms with Crippen LogP contribution in [-0.4, -0.2) is 104 Å². The number of aromatic nitrogens is 4. The standard InChI is InChI=1S/C46H54ClN9O6S2/c1-25-27(3)64-45-38(25)39(30-13-15-32(47)16-14-30)51-34(42-54-53-28(4)56(42)45)20-36(58)48-17-8-18-62-23-37(59)52-41(46(5,6)7)44(61)55-22-33(57)19-35(55)43(60)49-21-29-9-11-31(12-10-29)40-26(2)50-24-63-40/h9-16,24,33-35,41,57H,8,17-23H2,1-7H3,(H,48,58)(H,49,60)(H,52,59)/t33-,34+,35+,41-/m1/s1. The van der Waals surface area contributed by atoms with Crippen LogP contribution in [0.15, 0.2) is 59.0 Å². The molecule has 0 spiro atoms. The highest BCUT2D eigenvalue weighted by Crippen LogP contribution is 2.40. The lowest BCUT2D eigenvalue weighted by Crippen LogP contribution is -2.58. The molecule has 7 rings (SSSR count). The van der Waals surface area contributed by atoms with Crippen LogP contribution in [0.1, 0.15) is 90.5 Å². The molecule has 2 aromatic carbocycles. The number of β-amino-alcohol motifs (C(OH)–C–C–N with tert-alkyl or cyclic N) is 1. The summed E-state index contributed by atoms with van der Waals surface area (Å²) in [6.07, 6.45) is -0.346. The number of amides is 4. The highest BCUT2D eigenvalue weighted by Gasteiger charge is 2.44. The molecule has 2 aliphatic rings. The van der Waals surface area contributed by atoms with Gasteiger partial charge in [0.05, 0.1) is 34.3 Å². The minimum Gasteiger partial charge on any atom is -0.391 e. The molecule has 18 heteroatoms. The number of hydrogen-bond donors (Lipinski definition) is 4. The van der Waals surface area contributed by atoms with Gasteiger partial charge in [0.15, 0.2) is 5.82 Å². The molecule has 4 N–H and O–H groups in total. The Morgan fingerprint density at radius 1 is 0.969 bits per heavy atom. The summed E-state index contributed by atoms with van der Waals surface area (Å²) in [6.45, 7) is 13.8. The Labute approximate surface area is 385 Å². The normalized spacial score (nSPS) is 17.5. The van der Waals surface area contributed by atoms with Gasteiger partial charge in [-0.15, -0.1) is 32.9 Å². The number of benzene rings is 2. The van der Waals surface area contributed by atoms with E-state index in [0.29, 0.717) is 29.6 Å². The van der Waals surface area contributed by atoms with Crippen LogP contribution in [0.5, 0.6) is 0 Å². The van der Waals surface area contributed by atoms with E-state index >= 15 is 0 Å². The maximum atomic E-state index is 14.0. The van der Waals surface area contributed by atoms with Crippen molar-refractivity contribution >= 4 is 63.6 Å². The van der Waals surface area contributed by atoms with Crippen LogP contribution in [0, 0.1) is 33.1 Å². The fraction of sp³-hybridized carbons (Fsp3) is 0.435. The molecule has 4 atom stereocenters. The van der Waals surface area contributed by atoms with E-state index in [1.807, 2.05) is 93.2 Å². The van der Waals surface area contributed by atoms with Crippen LogP contribution in [0.2, 0.25) is 5.02 Å². The van der Waals surface area contributed by atoms with E-state index in [2.05, 4.69) is 45.0 Å². The topological polar surface area (TPSA) is 193 Å². The lowest BCUT2D eigenvalue weighted by molar-refractivity contribution is -0.144. The Morgan fingerprint density at radius 2 is 1.69 bits per heavy atom. The molecule has 64 heavy (non-hydrogen) atoms. The minimum atomic E-state index is -0.994. The predicted octanol–water partition coefficient (Wildman–Crippen LogP) is 5.95. The molecule has 15 nitrogen and oxygen atoms in total. The number of likely N-dealkylation sites (tertiary alicyclic amines) is 1. The average Bonchev–Trinajstić information content (AvgIpc) is 4.02. The van der Waals surface area contributed by atoms with Gasteiger partial charge < -0.3 is 30.7 Å². The molecular weight excluding hydrogens is 874 g/mol. The molecule has 0 aliphatic carbocycles. The Kier molecular flexibility index (Phi) is 14.4. The number of aryl methyl sites for hydroxylation is 3. The van der Waals surface area contributed by atoms with Crippen molar-refractivity contribution in [2.45, 2.75) is 98.5 Å². The monoisotopic (exact) mass is 927 g/mol. The first-order valence-corrected chi connectivity index (χ1v) is 23.3. The van der Waals surface area contributed by atoms with E-state index in [0.717, 1.165) is 54.0 Å². The number of ether oxygens (including phenoxy) is 1. The largest absolute Gasteiger partial charge is 0.391 e. The van der Waals surface area contributed by atoms with Gasteiger partial charge in [-0.25, -0.2) is 4.98 Å². The second kappa shape index (κ2) is 19.8. The third-order valence-corrected chi connectivity index (χ3v) is 13.9. The number of thiophene rings is 1. The lowest BCUT2D eigenvalue weighted by Gasteiger charge is -2.35. The Hall–Kier alpha value is -5.33. The average molecular weight is 929 g/mol. The van der Waals surface area contributed by atoms with Crippen LogP contribution in [0.3, 0.4) is 0 Å². The van der Waals surface area contributed by atoms with Crippen molar-refractivity contribution in [2.75, 3.05) is 26.3 Å². The zero-order chi connectivity index (χ0) is 45.9. The number of halogens is 1. The zero-order valence-electron chi connectivity index (χ0n) is 37.0. The summed E-state index contributed by atoms with van der Waals surface area (Å²) in [6, 6.07) is 12.9. The first-order chi connectivity index (χ1) is 30.5. The maximum Gasteiger partial charge on any atom is 0.246 e. The molecule has 0 saturated carbocycles. The van der Waals surface area contributed by atoms with Crippen molar-refractivity contribution in [1.82, 2.24) is 40.6 Å². The molecule has 1 fully saturated rings. The van der Waals surface area contributed by atoms with Gasteiger partial charge in [0, 0.05) is 53.7 Å². The van der Waals surface area contributed by atoms with Gasteiger partial charge in [-0.2, -0.15) is 0 Å². The maximum absolute atomic E-state index is 14.0. The van der Waals surface area contributed by atoms with Gasteiger partial charge in [0.25, 0.3) is 0 Å². The van der Waals surface area contributed by atoms with E-state index in [-0.39, 0.29) is 51.0 Å². The number of nitrogens with one attached hydrogen (secondary N) is 3. The molecule has 0 unspecified atom stereocenters. The van der Waals surface area contributed by atoms with Gasteiger partial charge in [0.2, 0.25) is 23.6 Å². The second-order valence-electron chi connectivity index (χ2n) is 17.3. The summed E-state index contributed by atoms with van der Waals surface area (Å²) in [4.78, 5) is 67.1. The number of fused-ring (bicyclic) bond motifs is 3. The molecule has 5 aromatic rings. The van der Waals surface area contributed by atoms with Crippen LogP contribution in [-0.2, 0) is 30.5 Å². The molecule has 3 aromatic heterocycles. The fourth-order valence-electron chi connectivity index (χ4n) is 7.93. The molecule has 4 amide bonds. The first kappa shape index (κ1) is 46.7. The summed E-state index contributed by atoms with van der Waals surface area (Å²) in [5.74, 6) is -0.289. The van der Waals surface area contributed by atoms with E-state index in [4.69, 9.17) is 21.3 Å². The Morgan fingerprint density at radius 3 is 2.38 bits per heavy atom. The number of aliphatic hydroxyl groups is 1. The van der Waals surface area contributed by atoms with Crippen molar-refractivity contribution in [3.05, 3.63) is 104 Å². The number of carbonyl (C=O) groups is 4. The van der Waals surface area contributed by atoms with Crippen molar-refractivity contribution in [1.29, 1.82) is 0 Å². The number of carbonyl (C=O) groups excluding carboxylic acids is 4. The van der Waals surface area contributed by atoms with E-state index in [9.17, 15) is 24.3 Å². The predicted molar refractivity (Wildman–Crippen MR) is 248 cm³/mol. The van der Waals surface area contributed by atoms with E-state index in [1.54, 1.807) is 22.7 Å². The summed E-state index contributed by atoms with van der Waals surface area (Å²) in [5.41, 5.74) is 7.70. The van der Waals surface area contributed by atoms with Crippen molar-refractivity contribution in [2.24, 2.45) is 10.4 Å². The van der Waals surface area contributed by atoms with Crippen molar-refractivity contribution in [3.63, 3.8) is 0 Å². The van der Waals surface area contributed by atoms with Crippen LogP contribution >= 0.6 is 34.3 Å². The molecule has 338 valence electrons. The Balaban J connectivity index is 0.896. The SMILES string of the molecule is Cc1ncsc1-c1ccc(CNC(=O)[C@@H]2C[C@@H](O)CN2C(=O)[C@@H](NC(=O)COCCCNC(=O)C[C@@H]2N=C(c3ccc(Cl)cc3)c3c(sc(C)c3C)-n3c(C)nnc32)C(C)(C)C)cc1. The molecule has 0 bridgehead atoms. The summed E-state index contributed by atoms with van der Waals surface area (Å²) >= 11 is 9.44. The first-order valence-electron chi connectivity index (χ1n) is 21.3. The third kappa shape index (κ3) is 10.4. The smallest absolute Gasteiger partial charge is 0.246 e. The van der Waals surface area contributed by atoms with E-state index in [1.165, 1.54) is 4.90 Å². The van der Waals surface area contributed by atoms with Gasteiger partial charge in [-0.05, 0) is 68.4 Å². The van der Waals surface area contributed by atoms with Crippen molar-refractivity contribution < 1.29 is 29.0 Å². The molecular formula is C46H54ClN9O6S2. The highest BCUT2D eigenvalue weighted by atomic mass is 35.5. The zero-order valence-corrected chi connectivity index (χ0v) is 39.4. The minimum absolute atomic E-state index is 0.0321. The highest BCUT2D eigenvalue weighted by molar-refractivity contribution is 7.15. The van der Waals surface area contributed by atoms with Gasteiger partial charge >= 0.3 is 0 Å². The van der Waals surface area contributed by atoms with Gasteiger partial charge in [-0.1, -0.05) is 68.8 Å². The second-order valence-corrected chi connectivity index (χ2v) is 19.8. The third-order valence-electron chi connectivity index (χ3n) is 11.5. The number of nitrogens with zero attached hydrogens (tertiary/aromatic N) is 6. The number of aliphatic imine (C=N–C) groups is 1. The number of aliphatic hydroxyl groups excluding tert-OH is 1. The number of hydrogen-bond acceptors (Lipinski definition) is 12. The van der Waals surface area contributed by atoms with E-state index < -0.39 is 41.5 Å². The van der Waals surface area contributed by atoms with Crippen LogP contribution in [0.25, 0.3) is 15.4 Å². The van der Waals surface area contributed by atoms with Crippen molar-refractivity contribution in [3.8, 4) is 15.4 Å². The molecule has 5 heterocycles. The summed E-state index contributed by atoms with van der Waals surface area (Å²) in [7, 11) is 0. The summed E-state index contributed by atoms with van der Waals surface area (Å²) < 4.78 is 7.67. The number of thiazole rings is 1. The van der Waals surface area contributed by atoms with Gasteiger partial charge in [-0.3, -0.25) is 28.7 Å². The van der Waals surface area contributed by atoms with Gasteiger partial charge in [0.1, 0.15) is 35.6 Å². The van der Waals surface area contributed by atoms with Crippen LogP contribution in [0.4, 0.5) is 0 Å². The fourth-order valence-corrected chi connectivity index (χ4v) is 10.1. The molecule has 2 aliphatic heterocycles. The Bertz CT molecular complexity index is 2540. The lowest BCUT2D eigenvalue weighted by atomic mass is 9.85. The van der Waals surface area contributed by atoms with Crippen LogP contribution < -0.4 is 16.0 Å².